The highest BCUT2D eigenvalue weighted by atomic mass is 35.5. The van der Waals surface area contributed by atoms with E-state index < -0.39 is 0 Å². The van der Waals surface area contributed by atoms with Crippen LogP contribution in [0.1, 0.15) is 5.56 Å². The first kappa shape index (κ1) is 16.1. The van der Waals surface area contributed by atoms with E-state index in [1.165, 1.54) is 5.56 Å². The summed E-state index contributed by atoms with van der Waals surface area (Å²) in [5, 5.41) is 4.86. The number of aromatic nitrogens is 4. The van der Waals surface area contributed by atoms with Crippen molar-refractivity contribution in [2.45, 2.75) is 6.92 Å². The summed E-state index contributed by atoms with van der Waals surface area (Å²) in [6.45, 7) is 5.03. The number of halogens is 1. The standard InChI is InChI=1S/C18H18ClN5O/c1-13-3-2-4-14(11-13)15-5-6-24(22-15)17-12-16(20-18(19)21-17)23-7-9-25-10-8-23/h2-6,11-12H,7-10H2,1H3. The van der Waals surface area contributed by atoms with E-state index in [0.717, 1.165) is 30.2 Å². The largest absolute Gasteiger partial charge is 0.378 e. The zero-order chi connectivity index (χ0) is 17.2. The molecule has 0 radical (unpaired) electrons. The Morgan fingerprint density at radius 3 is 2.64 bits per heavy atom. The molecule has 0 aliphatic carbocycles. The van der Waals surface area contributed by atoms with Crippen molar-refractivity contribution in [1.82, 2.24) is 19.7 Å². The second kappa shape index (κ2) is 6.82. The lowest BCUT2D eigenvalue weighted by molar-refractivity contribution is 0.122. The van der Waals surface area contributed by atoms with E-state index in [9.17, 15) is 0 Å². The van der Waals surface area contributed by atoms with Gasteiger partial charge in [0, 0.05) is 30.9 Å². The van der Waals surface area contributed by atoms with Crippen molar-refractivity contribution in [2.75, 3.05) is 31.2 Å². The molecule has 25 heavy (non-hydrogen) atoms. The van der Waals surface area contributed by atoms with E-state index in [2.05, 4.69) is 39.0 Å². The van der Waals surface area contributed by atoms with Crippen molar-refractivity contribution < 1.29 is 4.74 Å². The van der Waals surface area contributed by atoms with Gasteiger partial charge in [-0.25, -0.2) is 9.67 Å². The van der Waals surface area contributed by atoms with Crippen LogP contribution in [-0.4, -0.2) is 46.1 Å². The Hall–Kier alpha value is -2.44. The van der Waals surface area contributed by atoms with Crippen LogP contribution >= 0.6 is 11.6 Å². The van der Waals surface area contributed by atoms with Crippen molar-refractivity contribution in [1.29, 1.82) is 0 Å². The number of morpholine rings is 1. The number of rotatable bonds is 3. The SMILES string of the molecule is Cc1cccc(-c2ccn(-c3cc(N4CCOCC4)nc(Cl)n3)n2)c1. The maximum atomic E-state index is 6.14. The van der Waals surface area contributed by atoms with Gasteiger partial charge in [0.1, 0.15) is 5.82 Å². The van der Waals surface area contributed by atoms with Crippen LogP contribution in [0.15, 0.2) is 42.6 Å². The van der Waals surface area contributed by atoms with Gasteiger partial charge < -0.3 is 9.64 Å². The summed E-state index contributed by atoms with van der Waals surface area (Å²) >= 11 is 6.14. The Morgan fingerprint density at radius 1 is 1.04 bits per heavy atom. The van der Waals surface area contributed by atoms with Gasteiger partial charge in [-0.15, -0.1) is 0 Å². The maximum Gasteiger partial charge on any atom is 0.226 e. The second-order valence-corrected chi connectivity index (χ2v) is 6.31. The Bertz CT molecular complexity index is 889. The molecule has 1 aliphatic rings. The molecule has 0 saturated carbocycles. The number of ether oxygens (including phenoxy) is 1. The maximum absolute atomic E-state index is 6.14. The quantitative estimate of drug-likeness (QED) is 0.676. The highest BCUT2D eigenvalue weighted by molar-refractivity contribution is 6.28. The minimum atomic E-state index is 0.214. The average Bonchev–Trinajstić information content (AvgIpc) is 3.12. The summed E-state index contributed by atoms with van der Waals surface area (Å²) in [4.78, 5) is 10.8. The molecule has 1 aliphatic heterocycles. The predicted molar refractivity (Wildman–Crippen MR) is 97.4 cm³/mol. The van der Waals surface area contributed by atoms with Crippen LogP contribution in [0.3, 0.4) is 0 Å². The van der Waals surface area contributed by atoms with Crippen LogP contribution in [-0.2, 0) is 4.74 Å². The predicted octanol–water partition coefficient (Wildman–Crippen LogP) is 3.13. The molecular formula is C18H18ClN5O. The molecule has 0 spiro atoms. The normalized spacial score (nSPS) is 14.7. The third-order valence-corrected chi connectivity index (χ3v) is 4.31. The Balaban J connectivity index is 1.67. The van der Waals surface area contributed by atoms with Crippen molar-refractivity contribution >= 4 is 17.4 Å². The highest BCUT2D eigenvalue weighted by Crippen LogP contribution is 2.22. The summed E-state index contributed by atoms with van der Waals surface area (Å²) in [5.74, 6) is 1.45. The van der Waals surface area contributed by atoms with E-state index >= 15 is 0 Å². The van der Waals surface area contributed by atoms with Crippen LogP contribution in [0.4, 0.5) is 5.82 Å². The van der Waals surface area contributed by atoms with Crippen LogP contribution in [0.25, 0.3) is 17.1 Å². The summed E-state index contributed by atoms with van der Waals surface area (Å²) < 4.78 is 7.12. The molecule has 0 N–H and O–H groups in total. The van der Waals surface area contributed by atoms with Crippen LogP contribution in [0, 0.1) is 6.92 Å². The molecule has 1 fully saturated rings. The Morgan fingerprint density at radius 2 is 1.84 bits per heavy atom. The lowest BCUT2D eigenvalue weighted by atomic mass is 10.1. The third kappa shape index (κ3) is 3.50. The molecule has 0 unspecified atom stereocenters. The third-order valence-electron chi connectivity index (χ3n) is 4.14. The van der Waals surface area contributed by atoms with Crippen LogP contribution < -0.4 is 4.90 Å². The van der Waals surface area contributed by atoms with Gasteiger partial charge in [0.2, 0.25) is 5.28 Å². The van der Waals surface area contributed by atoms with Gasteiger partial charge in [0.25, 0.3) is 0 Å². The van der Waals surface area contributed by atoms with Crippen molar-refractivity contribution in [2.24, 2.45) is 0 Å². The van der Waals surface area contributed by atoms with Gasteiger partial charge in [0.15, 0.2) is 5.82 Å². The first-order valence-corrected chi connectivity index (χ1v) is 8.57. The molecule has 128 valence electrons. The molecule has 2 aromatic heterocycles. The lowest BCUT2D eigenvalue weighted by Crippen LogP contribution is -2.36. The fourth-order valence-electron chi connectivity index (χ4n) is 2.88. The van der Waals surface area contributed by atoms with Crippen molar-refractivity contribution in [3.05, 3.63) is 53.4 Å². The summed E-state index contributed by atoms with van der Waals surface area (Å²) in [5.41, 5.74) is 3.17. The molecule has 7 heteroatoms. The minimum Gasteiger partial charge on any atom is -0.378 e. The fraction of sp³-hybridized carbons (Fsp3) is 0.278. The molecule has 1 aromatic carbocycles. The van der Waals surface area contributed by atoms with Gasteiger partial charge in [-0.05, 0) is 30.7 Å². The molecule has 4 rings (SSSR count). The molecule has 3 aromatic rings. The first-order chi connectivity index (χ1) is 12.2. The zero-order valence-electron chi connectivity index (χ0n) is 13.9. The summed E-state index contributed by atoms with van der Waals surface area (Å²) in [6.07, 6.45) is 1.89. The number of anilines is 1. The van der Waals surface area contributed by atoms with Gasteiger partial charge in [-0.2, -0.15) is 10.1 Å². The summed E-state index contributed by atoms with van der Waals surface area (Å²) in [6, 6.07) is 12.1. The van der Waals surface area contributed by atoms with Crippen molar-refractivity contribution in [3.8, 4) is 17.1 Å². The van der Waals surface area contributed by atoms with Crippen LogP contribution in [0.2, 0.25) is 5.28 Å². The number of benzene rings is 1. The van der Waals surface area contributed by atoms with Gasteiger partial charge >= 0.3 is 0 Å². The number of nitrogens with zero attached hydrogens (tertiary/aromatic N) is 5. The topological polar surface area (TPSA) is 56.1 Å². The molecular weight excluding hydrogens is 338 g/mol. The minimum absolute atomic E-state index is 0.214. The van der Waals surface area contributed by atoms with Gasteiger partial charge in [-0.1, -0.05) is 23.8 Å². The molecule has 3 heterocycles. The summed E-state index contributed by atoms with van der Waals surface area (Å²) in [7, 11) is 0. The van der Waals surface area contributed by atoms with E-state index in [-0.39, 0.29) is 5.28 Å². The number of aryl methyl sites for hydroxylation is 1. The second-order valence-electron chi connectivity index (χ2n) is 5.97. The van der Waals surface area contributed by atoms with Crippen molar-refractivity contribution in [3.63, 3.8) is 0 Å². The lowest BCUT2D eigenvalue weighted by Gasteiger charge is -2.27. The van der Waals surface area contributed by atoms with E-state index in [1.807, 2.05) is 30.5 Å². The number of hydrogen-bond acceptors (Lipinski definition) is 5. The molecule has 0 bridgehead atoms. The molecule has 0 atom stereocenters. The molecule has 6 nitrogen and oxygen atoms in total. The monoisotopic (exact) mass is 355 g/mol. The Labute approximate surface area is 151 Å². The van der Waals surface area contributed by atoms with E-state index in [0.29, 0.717) is 19.0 Å². The zero-order valence-corrected chi connectivity index (χ0v) is 14.6. The number of hydrogen-bond donors (Lipinski definition) is 0. The van der Waals surface area contributed by atoms with E-state index in [1.54, 1.807) is 4.68 Å². The molecule has 0 amide bonds. The highest BCUT2D eigenvalue weighted by Gasteiger charge is 2.15. The Kier molecular flexibility index (Phi) is 4.38. The molecule has 1 saturated heterocycles. The average molecular weight is 356 g/mol. The fourth-order valence-corrected chi connectivity index (χ4v) is 3.05. The van der Waals surface area contributed by atoms with Gasteiger partial charge in [-0.3, -0.25) is 0 Å². The van der Waals surface area contributed by atoms with Crippen LogP contribution in [0.5, 0.6) is 0 Å². The smallest absolute Gasteiger partial charge is 0.226 e. The van der Waals surface area contributed by atoms with Gasteiger partial charge in [0.05, 0.1) is 18.9 Å². The van der Waals surface area contributed by atoms with E-state index in [4.69, 9.17) is 16.3 Å². The first-order valence-electron chi connectivity index (χ1n) is 8.19.